The topological polar surface area (TPSA) is 109 Å². The highest BCUT2D eigenvalue weighted by molar-refractivity contribution is 6.16. The Bertz CT molecular complexity index is 376. The van der Waals surface area contributed by atoms with Crippen molar-refractivity contribution >= 4 is 17.8 Å². The first kappa shape index (κ1) is 16.1. The number of carboxylic acid groups (broad SMARTS) is 1. The molecule has 1 rings (SSSR count). The number of carbonyl (C=O) groups excluding carboxylic acids is 2. The van der Waals surface area contributed by atoms with Gasteiger partial charge in [-0.15, -0.1) is 0 Å². The summed E-state index contributed by atoms with van der Waals surface area (Å²) in [5.41, 5.74) is 5.78. The quantitative estimate of drug-likeness (QED) is 0.621. The van der Waals surface area contributed by atoms with Gasteiger partial charge in [0.2, 0.25) is 0 Å². The van der Waals surface area contributed by atoms with Crippen molar-refractivity contribution in [3.63, 3.8) is 0 Å². The average molecular weight is 268 g/mol. The minimum absolute atomic E-state index is 0.275. The molecule has 0 saturated carbocycles. The Hall–Kier alpha value is -1.90. The molecule has 0 saturated heterocycles. The Morgan fingerprint density at radius 1 is 1.39 bits per heavy atom. The van der Waals surface area contributed by atoms with Gasteiger partial charge in [0.15, 0.2) is 0 Å². The fraction of sp³-hybridized carbons (Fsp3) is 0.444. The molecule has 4 N–H and O–H groups in total. The molecule has 0 atom stereocenters. The molecule has 0 aromatic carbocycles. The first-order chi connectivity index (χ1) is 8.18. The Balaban J connectivity index is 0.000000360. The van der Waals surface area contributed by atoms with Gasteiger partial charge in [-0.3, -0.25) is 14.9 Å². The molecule has 0 radical (unpaired) electrons. The number of aliphatic carboxylic acids is 1. The maximum Gasteiger partial charge on any atom is 0.490 e. The molecule has 1 aliphatic rings. The molecule has 0 aromatic rings. The third-order valence-corrected chi connectivity index (χ3v) is 1.73. The van der Waals surface area contributed by atoms with Crippen LogP contribution in [0.3, 0.4) is 0 Å². The highest BCUT2D eigenvalue weighted by atomic mass is 19.4. The van der Waals surface area contributed by atoms with E-state index in [0.29, 0.717) is 18.5 Å². The van der Waals surface area contributed by atoms with Gasteiger partial charge in [0.25, 0.3) is 11.8 Å². The molecule has 102 valence electrons. The third kappa shape index (κ3) is 5.99. The number of imide groups is 1. The molecule has 1 heterocycles. The van der Waals surface area contributed by atoms with Gasteiger partial charge >= 0.3 is 12.1 Å². The van der Waals surface area contributed by atoms with Gasteiger partial charge in [0.05, 0.1) is 0 Å². The summed E-state index contributed by atoms with van der Waals surface area (Å²) in [6.45, 7) is 0.540. The Kier molecular flexibility index (Phi) is 6.03. The van der Waals surface area contributed by atoms with Crippen molar-refractivity contribution in [2.24, 2.45) is 5.73 Å². The van der Waals surface area contributed by atoms with E-state index in [1.165, 1.54) is 6.08 Å². The summed E-state index contributed by atoms with van der Waals surface area (Å²) in [7, 11) is 0. The SMILES string of the molecule is NCCCC1=CC(=O)NC1=O.O=C(O)C(F)(F)F. The summed E-state index contributed by atoms with van der Waals surface area (Å²) < 4.78 is 31.7. The molecule has 0 spiro atoms. The molecule has 0 fully saturated rings. The van der Waals surface area contributed by atoms with Crippen molar-refractivity contribution < 1.29 is 32.7 Å². The van der Waals surface area contributed by atoms with E-state index in [-0.39, 0.29) is 11.8 Å². The van der Waals surface area contributed by atoms with Gasteiger partial charge in [-0.2, -0.15) is 13.2 Å². The van der Waals surface area contributed by atoms with E-state index in [4.69, 9.17) is 15.6 Å². The molecular weight excluding hydrogens is 257 g/mol. The number of hydrogen-bond donors (Lipinski definition) is 3. The minimum Gasteiger partial charge on any atom is -0.475 e. The molecule has 9 heteroatoms. The van der Waals surface area contributed by atoms with E-state index in [9.17, 15) is 22.8 Å². The zero-order valence-corrected chi connectivity index (χ0v) is 9.08. The summed E-state index contributed by atoms with van der Waals surface area (Å²) >= 11 is 0. The van der Waals surface area contributed by atoms with Crippen molar-refractivity contribution in [3.8, 4) is 0 Å². The maximum absolute atomic E-state index is 10.8. The smallest absolute Gasteiger partial charge is 0.475 e. The Labute approximate surface area is 99.6 Å². The molecule has 0 aliphatic carbocycles. The van der Waals surface area contributed by atoms with Crippen LogP contribution in [0.4, 0.5) is 13.2 Å². The fourth-order valence-corrected chi connectivity index (χ4v) is 0.930. The van der Waals surface area contributed by atoms with Crippen LogP contribution >= 0.6 is 0 Å². The molecule has 0 bridgehead atoms. The number of nitrogens with one attached hydrogen (secondary N) is 1. The Morgan fingerprint density at radius 3 is 2.17 bits per heavy atom. The van der Waals surface area contributed by atoms with Crippen molar-refractivity contribution in [1.29, 1.82) is 0 Å². The summed E-state index contributed by atoms with van der Waals surface area (Å²) in [6, 6.07) is 0. The van der Waals surface area contributed by atoms with E-state index in [1.54, 1.807) is 0 Å². The van der Waals surface area contributed by atoms with Gasteiger partial charge in [-0.25, -0.2) is 4.79 Å². The van der Waals surface area contributed by atoms with Gasteiger partial charge < -0.3 is 10.8 Å². The van der Waals surface area contributed by atoms with Crippen LogP contribution in [-0.4, -0.2) is 35.6 Å². The lowest BCUT2D eigenvalue weighted by Crippen LogP contribution is -2.22. The van der Waals surface area contributed by atoms with Gasteiger partial charge in [0, 0.05) is 11.6 Å². The van der Waals surface area contributed by atoms with Crippen molar-refractivity contribution in [2.45, 2.75) is 19.0 Å². The van der Waals surface area contributed by atoms with E-state index in [0.717, 1.165) is 6.42 Å². The van der Waals surface area contributed by atoms with Crippen LogP contribution in [0.5, 0.6) is 0 Å². The molecule has 1 aliphatic heterocycles. The fourth-order valence-electron chi connectivity index (χ4n) is 0.930. The van der Waals surface area contributed by atoms with Crippen LogP contribution in [0.15, 0.2) is 11.6 Å². The monoisotopic (exact) mass is 268 g/mol. The first-order valence-electron chi connectivity index (χ1n) is 4.74. The number of carbonyl (C=O) groups is 3. The van der Waals surface area contributed by atoms with E-state index in [1.807, 2.05) is 0 Å². The minimum atomic E-state index is -5.08. The first-order valence-corrected chi connectivity index (χ1v) is 4.74. The highest BCUT2D eigenvalue weighted by Gasteiger charge is 2.38. The zero-order valence-electron chi connectivity index (χ0n) is 9.08. The average Bonchev–Trinajstić information content (AvgIpc) is 2.54. The van der Waals surface area contributed by atoms with Gasteiger partial charge in [0.1, 0.15) is 0 Å². The summed E-state index contributed by atoms with van der Waals surface area (Å²) in [5, 5.41) is 9.29. The molecule has 6 nitrogen and oxygen atoms in total. The Morgan fingerprint density at radius 2 is 1.89 bits per heavy atom. The second-order valence-electron chi connectivity index (χ2n) is 3.18. The number of alkyl halides is 3. The van der Waals surface area contributed by atoms with E-state index < -0.39 is 12.1 Å². The standard InChI is InChI=1S/C7H10N2O2.C2HF3O2/c8-3-1-2-5-4-6(10)9-7(5)11;3-2(4,5)1(6)7/h4H,1-3,8H2,(H,9,10,11);(H,6,7). The summed E-state index contributed by atoms with van der Waals surface area (Å²) in [6.07, 6.45) is -2.42. The lowest BCUT2D eigenvalue weighted by molar-refractivity contribution is -0.192. The highest BCUT2D eigenvalue weighted by Crippen LogP contribution is 2.13. The van der Waals surface area contributed by atoms with Crippen LogP contribution in [0.2, 0.25) is 0 Å². The number of rotatable bonds is 3. The zero-order chi connectivity index (χ0) is 14.3. The number of nitrogens with two attached hydrogens (primary N) is 1. The van der Waals surface area contributed by atoms with Crippen LogP contribution < -0.4 is 11.1 Å². The number of carboxylic acids is 1. The molecule has 0 unspecified atom stereocenters. The molecule has 18 heavy (non-hydrogen) atoms. The largest absolute Gasteiger partial charge is 0.490 e. The lowest BCUT2D eigenvalue weighted by atomic mass is 10.1. The number of amides is 2. The maximum atomic E-state index is 10.8. The van der Waals surface area contributed by atoms with E-state index >= 15 is 0 Å². The summed E-state index contributed by atoms with van der Waals surface area (Å²) in [5.74, 6) is -3.35. The van der Waals surface area contributed by atoms with Crippen molar-refractivity contribution in [2.75, 3.05) is 6.54 Å². The van der Waals surface area contributed by atoms with Crippen LogP contribution in [0.25, 0.3) is 0 Å². The third-order valence-electron chi connectivity index (χ3n) is 1.73. The molecular formula is C9H11F3N2O4. The normalized spacial score (nSPS) is 14.6. The van der Waals surface area contributed by atoms with Crippen molar-refractivity contribution in [1.82, 2.24) is 5.32 Å². The van der Waals surface area contributed by atoms with E-state index in [2.05, 4.69) is 5.32 Å². The summed E-state index contributed by atoms with van der Waals surface area (Å²) in [4.78, 5) is 30.3. The van der Waals surface area contributed by atoms with Crippen molar-refractivity contribution in [3.05, 3.63) is 11.6 Å². The number of halogens is 3. The molecule has 0 aromatic heterocycles. The predicted octanol–water partition coefficient (Wildman–Crippen LogP) is -0.0586. The number of hydrogen-bond acceptors (Lipinski definition) is 4. The van der Waals surface area contributed by atoms with Gasteiger partial charge in [-0.1, -0.05) is 0 Å². The predicted molar refractivity (Wildman–Crippen MR) is 53.2 cm³/mol. The second kappa shape index (κ2) is 6.74. The van der Waals surface area contributed by atoms with Crippen LogP contribution in [0.1, 0.15) is 12.8 Å². The second-order valence-corrected chi connectivity index (χ2v) is 3.18. The van der Waals surface area contributed by atoms with Gasteiger partial charge in [-0.05, 0) is 19.4 Å². The van der Waals surface area contributed by atoms with Crippen LogP contribution in [-0.2, 0) is 14.4 Å². The lowest BCUT2D eigenvalue weighted by Gasteiger charge is -1.95. The molecule has 2 amide bonds. The van der Waals surface area contributed by atoms with Crippen LogP contribution in [0, 0.1) is 0 Å².